The standard InChI is InChI=1S/C16H22FN3O2.ClH/c1-18-8-9-19-15(21)13-3-2-10-20(11-13)16(22)12-4-6-14(17)7-5-12;/h4-7,13,18H,2-3,8-11H2,1H3,(H,19,21);1H. The second kappa shape index (κ2) is 9.47. The van der Waals surface area contributed by atoms with E-state index >= 15 is 0 Å². The fraction of sp³-hybridized carbons (Fsp3) is 0.500. The van der Waals surface area contributed by atoms with E-state index < -0.39 is 0 Å². The molecule has 0 spiro atoms. The summed E-state index contributed by atoms with van der Waals surface area (Å²) < 4.78 is 12.9. The molecule has 1 aliphatic rings. The van der Waals surface area contributed by atoms with E-state index in [0.29, 0.717) is 25.2 Å². The number of carbonyl (C=O) groups excluding carboxylic acids is 2. The van der Waals surface area contributed by atoms with Crippen molar-refractivity contribution >= 4 is 24.2 Å². The highest BCUT2D eigenvalue weighted by molar-refractivity contribution is 5.94. The number of halogens is 2. The molecule has 0 saturated carbocycles. The third-order valence-corrected chi connectivity index (χ3v) is 3.84. The lowest BCUT2D eigenvalue weighted by molar-refractivity contribution is -0.126. The van der Waals surface area contributed by atoms with E-state index in [4.69, 9.17) is 0 Å². The minimum Gasteiger partial charge on any atom is -0.355 e. The van der Waals surface area contributed by atoms with Crippen molar-refractivity contribution in [1.29, 1.82) is 0 Å². The predicted molar refractivity (Wildman–Crippen MR) is 89.2 cm³/mol. The molecule has 0 aliphatic carbocycles. The fourth-order valence-corrected chi connectivity index (χ4v) is 2.61. The normalized spacial score (nSPS) is 17.3. The summed E-state index contributed by atoms with van der Waals surface area (Å²) in [5.41, 5.74) is 0.456. The lowest BCUT2D eigenvalue weighted by Crippen LogP contribution is -2.46. The highest BCUT2D eigenvalue weighted by Gasteiger charge is 2.28. The molecular weight excluding hydrogens is 321 g/mol. The van der Waals surface area contributed by atoms with Crippen LogP contribution in [0.3, 0.4) is 0 Å². The molecule has 2 amide bonds. The summed E-state index contributed by atoms with van der Waals surface area (Å²) in [6.45, 7) is 2.35. The summed E-state index contributed by atoms with van der Waals surface area (Å²) in [7, 11) is 1.83. The zero-order chi connectivity index (χ0) is 15.9. The van der Waals surface area contributed by atoms with Crippen LogP contribution < -0.4 is 10.6 Å². The van der Waals surface area contributed by atoms with E-state index in [2.05, 4.69) is 10.6 Å². The van der Waals surface area contributed by atoms with Gasteiger partial charge in [-0.15, -0.1) is 12.4 Å². The quantitative estimate of drug-likeness (QED) is 0.795. The fourth-order valence-electron chi connectivity index (χ4n) is 2.61. The molecule has 1 aliphatic heterocycles. The van der Waals surface area contributed by atoms with Gasteiger partial charge in [0.1, 0.15) is 5.82 Å². The average molecular weight is 344 g/mol. The number of hydrogen-bond acceptors (Lipinski definition) is 3. The first kappa shape index (κ1) is 19.4. The molecule has 23 heavy (non-hydrogen) atoms. The number of nitrogens with one attached hydrogen (secondary N) is 2. The lowest BCUT2D eigenvalue weighted by atomic mass is 9.96. The average Bonchev–Trinajstić information content (AvgIpc) is 2.55. The van der Waals surface area contributed by atoms with Gasteiger partial charge in [0.2, 0.25) is 5.91 Å². The Hall–Kier alpha value is -1.66. The number of benzene rings is 1. The minimum atomic E-state index is -0.364. The molecule has 1 saturated heterocycles. The van der Waals surface area contributed by atoms with Crippen LogP contribution in [-0.4, -0.2) is 49.9 Å². The third-order valence-electron chi connectivity index (χ3n) is 3.84. The molecule has 128 valence electrons. The zero-order valence-corrected chi connectivity index (χ0v) is 14.0. The zero-order valence-electron chi connectivity index (χ0n) is 13.2. The molecule has 1 heterocycles. The number of piperidine rings is 1. The monoisotopic (exact) mass is 343 g/mol. The first-order valence-electron chi connectivity index (χ1n) is 7.59. The van der Waals surface area contributed by atoms with Gasteiger partial charge in [-0.3, -0.25) is 9.59 Å². The molecule has 5 nitrogen and oxygen atoms in total. The maximum absolute atomic E-state index is 12.9. The van der Waals surface area contributed by atoms with Gasteiger partial charge >= 0.3 is 0 Å². The number of amides is 2. The molecule has 1 aromatic rings. The molecule has 1 unspecified atom stereocenters. The van der Waals surface area contributed by atoms with Crippen LogP contribution in [0.5, 0.6) is 0 Å². The van der Waals surface area contributed by atoms with E-state index in [1.54, 1.807) is 4.90 Å². The van der Waals surface area contributed by atoms with Crippen LogP contribution in [0.2, 0.25) is 0 Å². The second-order valence-electron chi connectivity index (χ2n) is 5.49. The van der Waals surface area contributed by atoms with Crippen LogP contribution in [0.25, 0.3) is 0 Å². The minimum absolute atomic E-state index is 0. The smallest absolute Gasteiger partial charge is 0.253 e. The first-order chi connectivity index (χ1) is 10.6. The highest BCUT2D eigenvalue weighted by Crippen LogP contribution is 2.19. The molecule has 1 fully saturated rings. The lowest BCUT2D eigenvalue weighted by Gasteiger charge is -2.32. The Kier molecular flexibility index (Phi) is 7.98. The van der Waals surface area contributed by atoms with Crippen molar-refractivity contribution in [3.63, 3.8) is 0 Å². The predicted octanol–water partition coefficient (Wildman–Crippen LogP) is 1.44. The van der Waals surface area contributed by atoms with Crippen LogP contribution in [0.1, 0.15) is 23.2 Å². The van der Waals surface area contributed by atoms with E-state index in [0.717, 1.165) is 19.4 Å². The van der Waals surface area contributed by atoms with Crippen LogP contribution in [0.15, 0.2) is 24.3 Å². The first-order valence-corrected chi connectivity index (χ1v) is 7.59. The van der Waals surface area contributed by atoms with Crippen molar-refractivity contribution in [2.45, 2.75) is 12.8 Å². The van der Waals surface area contributed by atoms with Gasteiger partial charge in [-0.25, -0.2) is 4.39 Å². The Balaban J connectivity index is 0.00000264. The topological polar surface area (TPSA) is 61.4 Å². The van der Waals surface area contributed by atoms with Gasteiger partial charge in [0.15, 0.2) is 0 Å². The number of carbonyl (C=O) groups is 2. The molecule has 2 rings (SSSR count). The third kappa shape index (κ3) is 5.48. The molecule has 1 atom stereocenters. The van der Waals surface area contributed by atoms with Crippen molar-refractivity contribution in [2.24, 2.45) is 5.92 Å². The molecule has 0 bridgehead atoms. The summed E-state index contributed by atoms with van der Waals surface area (Å²) in [5.74, 6) is -0.688. The maximum atomic E-state index is 12.9. The van der Waals surface area contributed by atoms with Gasteiger partial charge in [0.25, 0.3) is 5.91 Å². The molecule has 1 aromatic carbocycles. The van der Waals surface area contributed by atoms with Gasteiger partial charge in [0.05, 0.1) is 5.92 Å². The van der Waals surface area contributed by atoms with Crippen molar-refractivity contribution in [3.8, 4) is 0 Å². The van der Waals surface area contributed by atoms with Crippen molar-refractivity contribution in [3.05, 3.63) is 35.6 Å². The Labute approximate surface area is 142 Å². The molecule has 7 heteroatoms. The van der Waals surface area contributed by atoms with Gasteiger partial charge < -0.3 is 15.5 Å². The molecule has 0 aromatic heterocycles. The molecule has 0 radical (unpaired) electrons. The summed E-state index contributed by atoms with van der Waals surface area (Å²) in [5, 5.41) is 5.84. The van der Waals surface area contributed by atoms with Crippen LogP contribution in [0, 0.1) is 11.7 Å². The summed E-state index contributed by atoms with van der Waals surface area (Å²) in [6.07, 6.45) is 1.59. The number of rotatable bonds is 5. The molecular formula is C16H23ClFN3O2. The van der Waals surface area contributed by atoms with Crippen LogP contribution in [0.4, 0.5) is 4.39 Å². The maximum Gasteiger partial charge on any atom is 0.253 e. The van der Waals surface area contributed by atoms with Crippen molar-refractivity contribution < 1.29 is 14.0 Å². The van der Waals surface area contributed by atoms with E-state index in [9.17, 15) is 14.0 Å². The van der Waals surface area contributed by atoms with Crippen LogP contribution in [-0.2, 0) is 4.79 Å². The number of nitrogens with zero attached hydrogens (tertiary/aromatic N) is 1. The van der Waals surface area contributed by atoms with Gasteiger partial charge in [-0.2, -0.15) is 0 Å². The van der Waals surface area contributed by atoms with Gasteiger partial charge in [-0.05, 0) is 44.2 Å². The SMILES string of the molecule is CNCCNC(=O)C1CCCN(C(=O)c2ccc(F)cc2)C1.Cl. The number of likely N-dealkylation sites (N-methyl/N-ethyl adjacent to an activating group) is 1. The van der Waals surface area contributed by atoms with E-state index in [-0.39, 0.29) is 36.0 Å². The van der Waals surface area contributed by atoms with E-state index in [1.165, 1.54) is 24.3 Å². The van der Waals surface area contributed by atoms with E-state index in [1.807, 2.05) is 7.05 Å². The Morgan fingerprint density at radius 3 is 2.61 bits per heavy atom. The Bertz CT molecular complexity index is 525. The number of likely N-dealkylation sites (tertiary alicyclic amines) is 1. The second-order valence-corrected chi connectivity index (χ2v) is 5.49. The Morgan fingerprint density at radius 2 is 1.96 bits per heavy atom. The molecule has 2 N–H and O–H groups in total. The van der Waals surface area contributed by atoms with Gasteiger partial charge in [-0.1, -0.05) is 0 Å². The van der Waals surface area contributed by atoms with Gasteiger partial charge in [0, 0.05) is 31.7 Å². The van der Waals surface area contributed by atoms with Crippen molar-refractivity contribution in [2.75, 3.05) is 33.2 Å². The Morgan fingerprint density at radius 1 is 1.26 bits per heavy atom. The largest absolute Gasteiger partial charge is 0.355 e. The summed E-state index contributed by atoms with van der Waals surface area (Å²) >= 11 is 0. The summed E-state index contributed by atoms with van der Waals surface area (Å²) in [4.78, 5) is 26.2. The highest BCUT2D eigenvalue weighted by atomic mass is 35.5. The summed E-state index contributed by atoms with van der Waals surface area (Å²) in [6, 6.07) is 5.51. The number of hydrogen-bond donors (Lipinski definition) is 2. The van der Waals surface area contributed by atoms with Crippen molar-refractivity contribution in [1.82, 2.24) is 15.5 Å². The van der Waals surface area contributed by atoms with Crippen LogP contribution >= 0.6 is 12.4 Å².